The molecule has 1 nitrogen and oxygen atoms in total. The van der Waals surface area contributed by atoms with Gasteiger partial charge in [-0.1, -0.05) is 11.6 Å². The van der Waals surface area contributed by atoms with E-state index >= 15 is 0 Å². The van der Waals surface area contributed by atoms with Gasteiger partial charge in [-0.15, -0.1) is 22.7 Å². The van der Waals surface area contributed by atoms with Crippen LogP contribution in [-0.4, -0.2) is 0 Å². The summed E-state index contributed by atoms with van der Waals surface area (Å²) in [6, 6.07) is 6.28. The molecule has 86 valence electrons. The maximum absolute atomic E-state index is 5.88. The fourth-order valence-corrected chi connectivity index (χ4v) is 3.63. The van der Waals surface area contributed by atoms with Gasteiger partial charge in [0, 0.05) is 27.7 Å². The van der Waals surface area contributed by atoms with E-state index in [-0.39, 0.29) is 0 Å². The lowest BCUT2D eigenvalue weighted by Crippen LogP contribution is -2.11. The number of nitrogens with one attached hydrogen (secondary N) is 1. The number of rotatable bonds is 4. The molecule has 0 spiro atoms. The number of aryl methyl sites for hydroxylation is 2. The van der Waals surface area contributed by atoms with E-state index in [1.165, 1.54) is 20.2 Å². The number of halogens is 1. The molecule has 0 aliphatic heterocycles. The monoisotopic (exact) mass is 271 g/mol. The maximum Gasteiger partial charge on any atom is 0.0931 e. The van der Waals surface area contributed by atoms with Crippen LogP contribution in [0.15, 0.2) is 18.2 Å². The number of hydrogen-bond donors (Lipinski definition) is 1. The van der Waals surface area contributed by atoms with Crippen molar-refractivity contribution in [3.05, 3.63) is 42.7 Å². The summed E-state index contributed by atoms with van der Waals surface area (Å²) >= 11 is 9.38. The molecule has 0 aliphatic rings. The second-order valence-corrected chi connectivity index (χ2v) is 7.01. The molecule has 0 unspecified atom stereocenters. The zero-order chi connectivity index (χ0) is 11.5. The standard InChI is InChI=1S/C12H14ClNS2/c1-8-5-10(9(2)15-8)6-14-7-11-3-4-12(13)16-11/h3-5,14H,6-7H2,1-2H3. The van der Waals surface area contributed by atoms with Gasteiger partial charge in [0.15, 0.2) is 0 Å². The van der Waals surface area contributed by atoms with Crippen molar-refractivity contribution >= 4 is 34.3 Å². The Morgan fingerprint density at radius 2 is 2.00 bits per heavy atom. The second kappa shape index (κ2) is 5.32. The molecule has 0 bridgehead atoms. The topological polar surface area (TPSA) is 12.0 Å². The first-order valence-corrected chi connectivity index (χ1v) is 7.17. The molecule has 0 atom stereocenters. The van der Waals surface area contributed by atoms with Crippen LogP contribution in [-0.2, 0) is 13.1 Å². The van der Waals surface area contributed by atoms with Crippen LogP contribution in [0.2, 0.25) is 4.34 Å². The quantitative estimate of drug-likeness (QED) is 0.871. The van der Waals surface area contributed by atoms with E-state index in [0.717, 1.165) is 17.4 Å². The van der Waals surface area contributed by atoms with Crippen molar-refractivity contribution in [2.45, 2.75) is 26.9 Å². The normalized spacial score (nSPS) is 10.9. The van der Waals surface area contributed by atoms with Crippen molar-refractivity contribution < 1.29 is 0 Å². The van der Waals surface area contributed by atoms with E-state index in [2.05, 4.69) is 31.3 Å². The van der Waals surface area contributed by atoms with E-state index in [1.807, 2.05) is 17.4 Å². The Labute approximate surface area is 109 Å². The predicted molar refractivity (Wildman–Crippen MR) is 73.7 cm³/mol. The van der Waals surface area contributed by atoms with Crippen LogP contribution < -0.4 is 5.32 Å². The molecule has 0 aliphatic carbocycles. The van der Waals surface area contributed by atoms with Crippen molar-refractivity contribution in [2.24, 2.45) is 0 Å². The summed E-state index contributed by atoms with van der Waals surface area (Å²) in [4.78, 5) is 4.08. The van der Waals surface area contributed by atoms with Crippen molar-refractivity contribution in [3.63, 3.8) is 0 Å². The summed E-state index contributed by atoms with van der Waals surface area (Å²) in [6.07, 6.45) is 0. The van der Waals surface area contributed by atoms with Gasteiger partial charge in [0.05, 0.1) is 4.34 Å². The largest absolute Gasteiger partial charge is 0.308 e. The molecule has 16 heavy (non-hydrogen) atoms. The molecule has 2 heterocycles. The summed E-state index contributed by atoms with van der Waals surface area (Å²) in [7, 11) is 0. The molecule has 2 aromatic rings. The van der Waals surface area contributed by atoms with E-state index in [9.17, 15) is 0 Å². The first-order valence-electron chi connectivity index (χ1n) is 5.16. The molecular formula is C12H14ClNS2. The predicted octanol–water partition coefficient (Wildman–Crippen LogP) is 4.37. The molecule has 4 heteroatoms. The summed E-state index contributed by atoms with van der Waals surface area (Å²) in [5, 5.41) is 3.44. The van der Waals surface area contributed by atoms with Crippen molar-refractivity contribution in [1.82, 2.24) is 5.32 Å². The molecule has 0 saturated heterocycles. The maximum atomic E-state index is 5.88. The smallest absolute Gasteiger partial charge is 0.0931 e. The van der Waals surface area contributed by atoms with Crippen LogP contribution in [0, 0.1) is 13.8 Å². The van der Waals surface area contributed by atoms with Crippen LogP contribution >= 0.6 is 34.3 Å². The van der Waals surface area contributed by atoms with Crippen LogP contribution in [0.3, 0.4) is 0 Å². The van der Waals surface area contributed by atoms with Crippen LogP contribution in [0.25, 0.3) is 0 Å². The minimum absolute atomic E-state index is 0.861. The molecule has 0 amide bonds. The Kier molecular flexibility index (Phi) is 4.03. The average molecular weight is 272 g/mol. The summed E-state index contributed by atoms with van der Waals surface area (Å²) in [5.74, 6) is 0. The fraction of sp³-hybridized carbons (Fsp3) is 0.333. The number of hydrogen-bond acceptors (Lipinski definition) is 3. The minimum Gasteiger partial charge on any atom is -0.308 e. The highest BCUT2D eigenvalue weighted by atomic mass is 35.5. The Morgan fingerprint density at radius 1 is 1.19 bits per heavy atom. The summed E-state index contributed by atoms with van der Waals surface area (Å²) in [5.41, 5.74) is 1.41. The zero-order valence-electron chi connectivity index (χ0n) is 9.34. The van der Waals surface area contributed by atoms with E-state index in [4.69, 9.17) is 11.6 Å². The molecule has 0 aromatic carbocycles. The van der Waals surface area contributed by atoms with E-state index in [1.54, 1.807) is 11.3 Å². The second-order valence-electron chi connectivity index (χ2n) is 3.75. The SMILES string of the molecule is Cc1cc(CNCc2ccc(Cl)s2)c(C)s1. The van der Waals surface area contributed by atoms with Gasteiger partial charge in [0.2, 0.25) is 0 Å². The van der Waals surface area contributed by atoms with Gasteiger partial charge >= 0.3 is 0 Å². The van der Waals surface area contributed by atoms with E-state index in [0.29, 0.717) is 0 Å². The molecule has 1 N–H and O–H groups in total. The first-order chi connectivity index (χ1) is 7.65. The summed E-state index contributed by atoms with van der Waals surface area (Å²) < 4.78 is 0.861. The Hall–Kier alpha value is -0.350. The van der Waals surface area contributed by atoms with Gasteiger partial charge in [-0.3, -0.25) is 0 Å². The van der Waals surface area contributed by atoms with Gasteiger partial charge in [-0.05, 0) is 37.6 Å². The van der Waals surface area contributed by atoms with Gasteiger partial charge < -0.3 is 5.32 Å². The van der Waals surface area contributed by atoms with Crippen molar-refractivity contribution in [2.75, 3.05) is 0 Å². The number of thiophene rings is 2. The lowest BCUT2D eigenvalue weighted by Gasteiger charge is -2.02. The molecule has 0 fully saturated rings. The molecular weight excluding hydrogens is 258 g/mol. The lowest BCUT2D eigenvalue weighted by molar-refractivity contribution is 0.700. The van der Waals surface area contributed by atoms with Gasteiger partial charge in [0.1, 0.15) is 0 Å². The highest BCUT2D eigenvalue weighted by Gasteiger charge is 2.03. The highest BCUT2D eigenvalue weighted by molar-refractivity contribution is 7.16. The third-order valence-electron chi connectivity index (χ3n) is 2.39. The average Bonchev–Trinajstić information content (AvgIpc) is 2.74. The molecule has 2 aromatic heterocycles. The Balaban J connectivity index is 1.86. The van der Waals surface area contributed by atoms with Gasteiger partial charge in [-0.2, -0.15) is 0 Å². The zero-order valence-corrected chi connectivity index (χ0v) is 11.7. The van der Waals surface area contributed by atoms with Gasteiger partial charge in [0.25, 0.3) is 0 Å². The first kappa shape index (κ1) is 12.1. The van der Waals surface area contributed by atoms with Crippen LogP contribution in [0.1, 0.15) is 20.2 Å². The Morgan fingerprint density at radius 3 is 2.56 bits per heavy atom. The lowest BCUT2D eigenvalue weighted by atomic mass is 10.2. The van der Waals surface area contributed by atoms with Crippen molar-refractivity contribution in [3.8, 4) is 0 Å². The summed E-state index contributed by atoms with van der Waals surface area (Å²) in [6.45, 7) is 6.16. The van der Waals surface area contributed by atoms with Gasteiger partial charge in [-0.25, -0.2) is 0 Å². The third-order valence-corrected chi connectivity index (χ3v) is 4.63. The van der Waals surface area contributed by atoms with E-state index < -0.39 is 0 Å². The molecule has 2 rings (SSSR count). The van der Waals surface area contributed by atoms with Crippen LogP contribution in [0.5, 0.6) is 0 Å². The molecule has 0 saturated carbocycles. The van der Waals surface area contributed by atoms with Crippen LogP contribution in [0.4, 0.5) is 0 Å². The Bertz CT molecular complexity index is 473. The molecule has 0 radical (unpaired) electrons. The fourth-order valence-electron chi connectivity index (χ4n) is 1.63. The highest BCUT2D eigenvalue weighted by Crippen LogP contribution is 2.22. The van der Waals surface area contributed by atoms with Crippen molar-refractivity contribution in [1.29, 1.82) is 0 Å². The minimum atomic E-state index is 0.861. The third kappa shape index (κ3) is 3.08.